The summed E-state index contributed by atoms with van der Waals surface area (Å²) < 4.78 is 102. The highest BCUT2D eigenvalue weighted by atomic mass is 32.2. The molecule has 27 heavy (non-hydrogen) atoms. The number of hydrogen-bond acceptors (Lipinski definition) is 12. The van der Waals surface area contributed by atoms with E-state index >= 15 is 0 Å². The molecule has 2 heterocycles. The SMILES string of the molecule is COP(=O)(CP(=O)(OC)OC1(C)COS(=O)(=O)C1)OC1(C)COS(=O)(=O)C1. The molecule has 0 spiro atoms. The topological polar surface area (TPSA) is 158 Å². The van der Waals surface area contributed by atoms with Crippen molar-refractivity contribution in [3.05, 3.63) is 0 Å². The van der Waals surface area contributed by atoms with Gasteiger partial charge in [-0.2, -0.15) is 16.8 Å². The van der Waals surface area contributed by atoms with Gasteiger partial charge in [-0.15, -0.1) is 0 Å². The third-order valence-electron chi connectivity index (χ3n) is 3.67. The van der Waals surface area contributed by atoms with Gasteiger partial charge in [-0.05, 0) is 13.8 Å². The lowest BCUT2D eigenvalue weighted by Gasteiger charge is -2.31. The minimum atomic E-state index is -4.18. The zero-order chi connectivity index (χ0) is 20.8. The smallest absolute Gasteiger partial charge is 0.311 e. The predicted octanol–water partition coefficient (Wildman–Crippen LogP) is 0.893. The molecule has 2 aliphatic rings. The van der Waals surface area contributed by atoms with Crippen LogP contribution >= 0.6 is 15.2 Å². The Morgan fingerprint density at radius 1 is 0.815 bits per heavy atom. The first kappa shape index (κ1) is 23.4. The fourth-order valence-electron chi connectivity index (χ4n) is 2.58. The van der Waals surface area contributed by atoms with Crippen LogP contribution in [0.15, 0.2) is 0 Å². The van der Waals surface area contributed by atoms with Gasteiger partial charge in [-0.1, -0.05) is 0 Å². The average Bonchev–Trinajstić information content (AvgIpc) is 2.92. The summed E-state index contributed by atoms with van der Waals surface area (Å²) in [6.45, 7) is 1.90. The summed E-state index contributed by atoms with van der Waals surface area (Å²) in [6.07, 6.45) is 0. The normalized spacial score (nSPS) is 36.9. The largest absolute Gasteiger partial charge is 0.343 e. The van der Waals surface area contributed by atoms with E-state index in [-0.39, 0.29) is 0 Å². The van der Waals surface area contributed by atoms with Crippen LogP contribution in [-0.4, -0.2) is 72.9 Å². The average molecular weight is 472 g/mol. The first-order valence-corrected chi connectivity index (χ1v) is 14.1. The Kier molecular flexibility index (Phi) is 6.43. The van der Waals surface area contributed by atoms with Crippen LogP contribution in [0.5, 0.6) is 0 Å². The van der Waals surface area contributed by atoms with Crippen LogP contribution in [0.25, 0.3) is 0 Å². The van der Waals surface area contributed by atoms with E-state index in [1.807, 2.05) is 0 Å². The first-order chi connectivity index (χ1) is 12.1. The molecule has 16 heteroatoms. The molecule has 0 radical (unpaired) electrons. The van der Waals surface area contributed by atoms with Gasteiger partial charge < -0.3 is 9.05 Å². The van der Waals surface area contributed by atoms with Gasteiger partial charge in [0.15, 0.2) is 5.90 Å². The minimum absolute atomic E-state index is 0.398. The van der Waals surface area contributed by atoms with Crippen molar-refractivity contribution in [2.45, 2.75) is 25.0 Å². The van der Waals surface area contributed by atoms with Crippen molar-refractivity contribution in [1.29, 1.82) is 0 Å². The first-order valence-electron chi connectivity index (χ1n) is 7.52. The number of rotatable bonds is 8. The Morgan fingerprint density at radius 3 is 1.37 bits per heavy atom. The van der Waals surface area contributed by atoms with Crippen LogP contribution in [0.2, 0.25) is 0 Å². The molecule has 2 saturated heterocycles. The van der Waals surface area contributed by atoms with Crippen molar-refractivity contribution in [3.8, 4) is 0 Å². The molecule has 0 saturated carbocycles. The summed E-state index contributed by atoms with van der Waals surface area (Å²) in [4.78, 5) is 0. The summed E-state index contributed by atoms with van der Waals surface area (Å²) in [5.74, 6) is -2.01. The third kappa shape index (κ3) is 6.05. The van der Waals surface area contributed by atoms with Crippen molar-refractivity contribution >= 4 is 35.4 Å². The van der Waals surface area contributed by atoms with E-state index in [0.717, 1.165) is 14.2 Å². The van der Waals surface area contributed by atoms with Crippen LogP contribution < -0.4 is 0 Å². The minimum Gasteiger partial charge on any atom is -0.311 e. The number of hydrogen-bond donors (Lipinski definition) is 0. The Labute approximate surface area is 158 Å². The van der Waals surface area contributed by atoms with Crippen molar-refractivity contribution in [1.82, 2.24) is 0 Å². The molecule has 160 valence electrons. The van der Waals surface area contributed by atoms with E-state index in [9.17, 15) is 26.0 Å². The molecular weight excluding hydrogens is 450 g/mol. The lowest BCUT2D eigenvalue weighted by atomic mass is 10.2. The molecule has 2 aliphatic heterocycles. The maximum Gasteiger partial charge on any atom is 0.343 e. The predicted molar refractivity (Wildman–Crippen MR) is 92.6 cm³/mol. The Morgan fingerprint density at radius 2 is 1.15 bits per heavy atom. The van der Waals surface area contributed by atoms with E-state index < -0.39 is 77.3 Å². The molecule has 12 nitrogen and oxygen atoms in total. The second-order valence-corrected chi connectivity index (χ2v) is 14.7. The van der Waals surface area contributed by atoms with Gasteiger partial charge >= 0.3 is 15.2 Å². The molecular formula is C11H22O12P2S2. The van der Waals surface area contributed by atoms with Crippen LogP contribution in [0, 0.1) is 0 Å². The van der Waals surface area contributed by atoms with Crippen LogP contribution in [0.4, 0.5) is 0 Å². The molecule has 0 aromatic heterocycles. The van der Waals surface area contributed by atoms with E-state index in [4.69, 9.17) is 18.1 Å². The van der Waals surface area contributed by atoms with Crippen LogP contribution in [0.1, 0.15) is 13.8 Å². The molecule has 0 N–H and O–H groups in total. The molecule has 0 bridgehead atoms. The van der Waals surface area contributed by atoms with Crippen molar-refractivity contribution in [2.75, 3.05) is 44.8 Å². The molecule has 4 atom stereocenters. The van der Waals surface area contributed by atoms with E-state index in [0.29, 0.717) is 0 Å². The molecule has 2 fully saturated rings. The van der Waals surface area contributed by atoms with Crippen LogP contribution in [0.3, 0.4) is 0 Å². The summed E-state index contributed by atoms with van der Waals surface area (Å²) in [7, 11) is -14.0. The van der Waals surface area contributed by atoms with Gasteiger partial charge in [0.1, 0.15) is 22.7 Å². The quantitative estimate of drug-likeness (QED) is 0.363. The monoisotopic (exact) mass is 472 g/mol. The highest BCUT2D eigenvalue weighted by Crippen LogP contribution is 2.66. The maximum atomic E-state index is 13.0. The maximum absolute atomic E-state index is 13.0. The van der Waals surface area contributed by atoms with Crippen molar-refractivity contribution in [3.63, 3.8) is 0 Å². The van der Waals surface area contributed by atoms with Gasteiger partial charge in [0, 0.05) is 14.2 Å². The van der Waals surface area contributed by atoms with Crippen molar-refractivity contribution in [2.24, 2.45) is 0 Å². The third-order valence-corrected chi connectivity index (χ3v) is 11.9. The lowest BCUT2D eigenvalue weighted by Crippen LogP contribution is -2.34. The van der Waals surface area contributed by atoms with E-state index in [1.54, 1.807) is 0 Å². The van der Waals surface area contributed by atoms with Gasteiger partial charge in [-0.3, -0.25) is 26.5 Å². The zero-order valence-corrected chi connectivity index (χ0v) is 18.6. The summed E-state index contributed by atoms with van der Waals surface area (Å²) >= 11 is 0. The van der Waals surface area contributed by atoms with E-state index in [1.165, 1.54) is 13.8 Å². The highest BCUT2D eigenvalue weighted by molar-refractivity contribution is 7.87. The Bertz CT molecular complexity index is 811. The van der Waals surface area contributed by atoms with Gasteiger partial charge in [0.2, 0.25) is 0 Å². The second kappa shape index (κ2) is 7.42. The fraction of sp³-hybridized carbons (Fsp3) is 1.00. The fourth-order valence-corrected chi connectivity index (χ4v) is 10.4. The zero-order valence-electron chi connectivity index (χ0n) is 15.1. The molecule has 0 aromatic rings. The Balaban J connectivity index is 2.19. The lowest BCUT2D eigenvalue weighted by molar-refractivity contribution is 0.0583. The van der Waals surface area contributed by atoms with Crippen molar-refractivity contribution < 1.29 is 52.4 Å². The van der Waals surface area contributed by atoms with Gasteiger partial charge in [-0.25, -0.2) is 0 Å². The van der Waals surface area contributed by atoms with Gasteiger partial charge in [0.25, 0.3) is 20.2 Å². The Hall–Kier alpha value is 0.120. The molecule has 0 aliphatic carbocycles. The van der Waals surface area contributed by atoms with E-state index in [2.05, 4.69) is 8.37 Å². The van der Waals surface area contributed by atoms with Crippen LogP contribution in [-0.2, 0) is 55.8 Å². The molecule has 4 unspecified atom stereocenters. The summed E-state index contributed by atoms with van der Waals surface area (Å²) in [5, 5.41) is 0. The molecule has 2 rings (SSSR count). The summed E-state index contributed by atoms with van der Waals surface area (Å²) in [5.41, 5.74) is -2.99. The second-order valence-electron chi connectivity index (χ2n) is 6.74. The standard InChI is InChI=1S/C11H22O12P2S2/c1-10(5-20-26(14,15)7-10)22-24(12,18-3)9-25(13,19-4)23-11(2)6-21-27(16,17)8-11/h5-9H2,1-4H3. The summed E-state index contributed by atoms with van der Waals surface area (Å²) in [6, 6.07) is 0. The molecule has 0 aromatic carbocycles. The highest BCUT2D eigenvalue weighted by Gasteiger charge is 2.51. The molecule has 0 amide bonds. The van der Waals surface area contributed by atoms with Gasteiger partial charge in [0.05, 0.1) is 13.2 Å².